The van der Waals surface area contributed by atoms with Crippen molar-refractivity contribution in [2.45, 2.75) is 30.3 Å². The number of halogens is 1. The molecule has 0 radical (unpaired) electrons. The second kappa shape index (κ2) is 8.44. The lowest BCUT2D eigenvalue weighted by atomic mass is 10.1. The van der Waals surface area contributed by atoms with E-state index < -0.39 is 10.0 Å². The first kappa shape index (κ1) is 20.3. The Bertz CT molecular complexity index is 987. The number of hydrogen-bond acceptors (Lipinski definition) is 4. The van der Waals surface area contributed by atoms with E-state index in [2.05, 4.69) is 0 Å². The van der Waals surface area contributed by atoms with Crippen molar-refractivity contribution < 1.29 is 17.9 Å². The Morgan fingerprint density at radius 3 is 2.45 bits per heavy atom. The molecule has 8 heteroatoms. The molecule has 1 aliphatic carbocycles. The molecule has 2 aromatic rings. The molecule has 2 fully saturated rings. The fourth-order valence-electron chi connectivity index (χ4n) is 3.45. The first-order valence-corrected chi connectivity index (χ1v) is 11.5. The molecule has 2 aliphatic rings. The summed E-state index contributed by atoms with van der Waals surface area (Å²) in [4.78, 5) is 15.2. The van der Waals surface area contributed by atoms with E-state index >= 15 is 0 Å². The Kier molecular flexibility index (Phi) is 5.92. The van der Waals surface area contributed by atoms with Crippen molar-refractivity contribution in [2.75, 3.05) is 26.3 Å². The van der Waals surface area contributed by atoms with Crippen molar-refractivity contribution in [3.8, 4) is 0 Å². The summed E-state index contributed by atoms with van der Waals surface area (Å²) in [6.07, 6.45) is 1.89. The van der Waals surface area contributed by atoms with Crippen LogP contribution in [-0.4, -0.2) is 55.9 Å². The molecule has 0 atom stereocenters. The standard InChI is InChI=1S/C21H23ClN2O4S/c22-20-9-8-18(29(26,27)23-10-12-28-13-11-23)14-19(20)21(25)24(17-6-7-17)15-16-4-2-1-3-5-16/h1-5,8-9,14,17H,6-7,10-13,15H2. The summed E-state index contributed by atoms with van der Waals surface area (Å²) in [6, 6.07) is 14.3. The lowest BCUT2D eigenvalue weighted by Crippen LogP contribution is -2.40. The number of benzene rings is 2. The summed E-state index contributed by atoms with van der Waals surface area (Å²) in [7, 11) is -3.70. The van der Waals surface area contributed by atoms with E-state index in [1.54, 1.807) is 4.90 Å². The van der Waals surface area contributed by atoms with Crippen LogP contribution in [0.4, 0.5) is 0 Å². The SMILES string of the molecule is O=C(c1cc(S(=O)(=O)N2CCOCC2)ccc1Cl)N(Cc1ccccc1)C1CC1. The van der Waals surface area contributed by atoms with E-state index in [0.717, 1.165) is 18.4 Å². The maximum atomic E-state index is 13.3. The Balaban J connectivity index is 1.63. The zero-order chi connectivity index (χ0) is 20.4. The summed E-state index contributed by atoms with van der Waals surface area (Å²) in [6.45, 7) is 1.81. The van der Waals surface area contributed by atoms with Crippen LogP contribution in [0, 0.1) is 0 Å². The second-order valence-electron chi connectivity index (χ2n) is 7.31. The Hall–Kier alpha value is -1.93. The molecule has 0 spiro atoms. The molecule has 0 bridgehead atoms. The number of rotatable bonds is 6. The van der Waals surface area contributed by atoms with E-state index in [0.29, 0.717) is 32.8 Å². The Morgan fingerprint density at radius 1 is 1.10 bits per heavy atom. The van der Waals surface area contributed by atoms with Crippen molar-refractivity contribution in [1.82, 2.24) is 9.21 Å². The van der Waals surface area contributed by atoms with E-state index in [9.17, 15) is 13.2 Å². The first-order chi connectivity index (χ1) is 14.0. The minimum absolute atomic E-state index is 0.0857. The topological polar surface area (TPSA) is 66.9 Å². The van der Waals surface area contributed by atoms with Crippen molar-refractivity contribution in [3.05, 3.63) is 64.7 Å². The lowest BCUT2D eigenvalue weighted by molar-refractivity contribution is 0.0725. The number of nitrogens with zero attached hydrogens (tertiary/aromatic N) is 2. The number of amides is 1. The number of ether oxygens (including phenoxy) is 1. The van der Waals surface area contributed by atoms with Gasteiger partial charge in [0, 0.05) is 25.7 Å². The molecule has 6 nitrogen and oxygen atoms in total. The zero-order valence-electron chi connectivity index (χ0n) is 16.0. The van der Waals surface area contributed by atoms with Crippen LogP contribution in [0.3, 0.4) is 0 Å². The highest BCUT2D eigenvalue weighted by atomic mass is 35.5. The first-order valence-electron chi connectivity index (χ1n) is 9.69. The van der Waals surface area contributed by atoms with Crippen molar-refractivity contribution in [1.29, 1.82) is 0 Å². The lowest BCUT2D eigenvalue weighted by Gasteiger charge is -2.27. The molecule has 4 rings (SSSR count). The summed E-state index contributed by atoms with van der Waals surface area (Å²) >= 11 is 6.32. The van der Waals surface area contributed by atoms with Gasteiger partial charge in [-0.2, -0.15) is 4.31 Å². The van der Waals surface area contributed by atoms with Gasteiger partial charge in [0.1, 0.15) is 0 Å². The van der Waals surface area contributed by atoms with E-state index in [4.69, 9.17) is 16.3 Å². The fraction of sp³-hybridized carbons (Fsp3) is 0.381. The van der Waals surface area contributed by atoms with Gasteiger partial charge in [-0.1, -0.05) is 41.9 Å². The third-order valence-corrected chi connectivity index (χ3v) is 7.44. The fourth-order valence-corrected chi connectivity index (χ4v) is 5.09. The molecular formula is C21H23ClN2O4S. The molecule has 29 heavy (non-hydrogen) atoms. The van der Waals surface area contributed by atoms with Crippen LogP contribution in [-0.2, 0) is 21.3 Å². The highest BCUT2D eigenvalue weighted by molar-refractivity contribution is 7.89. The molecular weight excluding hydrogens is 412 g/mol. The third-order valence-electron chi connectivity index (χ3n) is 5.22. The van der Waals surface area contributed by atoms with Gasteiger partial charge in [0.2, 0.25) is 10.0 Å². The maximum Gasteiger partial charge on any atom is 0.255 e. The van der Waals surface area contributed by atoms with Gasteiger partial charge in [0.15, 0.2) is 0 Å². The number of sulfonamides is 1. The Labute approximate surface area is 176 Å². The van der Waals surface area contributed by atoms with Gasteiger partial charge >= 0.3 is 0 Å². The van der Waals surface area contributed by atoms with Crippen LogP contribution in [0.25, 0.3) is 0 Å². The zero-order valence-corrected chi connectivity index (χ0v) is 17.5. The molecule has 1 saturated heterocycles. The van der Waals surface area contributed by atoms with Crippen LogP contribution >= 0.6 is 11.6 Å². The molecule has 2 aromatic carbocycles. The molecule has 0 unspecified atom stereocenters. The van der Waals surface area contributed by atoms with Crippen LogP contribution in [0.15, 0.2) is 53.4 Å². The van der Waals surface area contributed by atoms with Crippen LogP contribution in [0.2, 0.25) is 5.02 Å². The van der Waals surface area contributed by atoms with E-state index in [-0.39, 0.29) is 27.4 Å². The van der Waals surface area contributed by atoms with Crippen LogP contribution in [0.5, 0.6) is 0 Å². The van der Waals surface area contributed by atoms with Gasteiger partial charge in [-0.3, -0.25) is 4.79 Å². The second-order valence-corrected chi connectivity index (χ2v) is 9.65. The largest absolute Gasteiger partial charge is 0.379 e. The van der Waals surface area contributed by atoms with Crippen LogP contribution in [0.1, 0.15) is 28.8 Å². The predicted molar refractivity (Wildman–Crippen MR) is 110 cm³/mol. The summed E-state index contributed by atoms with van der Waals surface area (Å²) in [5, 5.41) is 0.259. The molecule has 1 heterocycles. The molecule has 0 aromatic heterocycles. The summed E-state index contributed by atoms with van der Waals surface area (Å²) < 4.78 is 32.6. The number of carbonyl (C=O) groups is 1. The van der Waals surface area contributed by atoms with E-state index in [1.165, 1.54) is 22.5 Å². The van der Waals surface area contributed by atoms with Gasteiger partial charge in [-0.05, 0) is 36.6 Å². The van der Waals surface area contributed by atoms with Gasteiger partial charge in [0.25, 0.3) is 5.91 Å². The number of carbonyl (C=O) groups excluding carboxylic acids is 1. The van der Waals surface area contributed by atoms with Gasteiger partial charge in [-0.25, -0.2) is 8.42 Å². The third kappa shape index (κ3) is 4.48. The highest BCUT2D eigenvalue weighted by Crippen LogP contribution is 2.32. The molecule has 1 amide bonds. The average Bonchev–Trinajstić information content (AvgIpc) is 3.58. The normalized spacial score (nSPS) is 17.8. The number of hydrogen-bond donors (Lipinski definition) is 0. The van der Waals surface area contributed by atoms with Gasteiger partial charge < -0.3 is 9.64 Å². The minimum atomic E-state index is -3.70. The van der Waals surface area contributed by atoms with Gasteiger partial charge in [-0.15, -0.1) is 0 Å². The summed E-state index contributed by atoms with van der Waals surface area (Å²) in [5.41, 5.74) is 1.25. The highest BCUT2D eigenvalue weighted by Gasteiger charge is 2.35. The maximum absolute atomic E-state index is 13.3. The Morgan fingerprint density at radius 2 is 1.79 bits per heavy atom. The monoisotopic (exact) mass is 434 g/mol. The average molecular weight is 435 g/mol. The van der Waals surface area contributed by atoms with Crippen LogP contribution < -0.4 is 0 Å². The van der Waals surface area contributed by atoms with Crippen molar-refractivity contribution in [3.63, 3.8) is 0 Å². The van der Waals surface area contributed by atoms with Crippen molar-refractivity contribution in [2.24, 2.45) is 0 Å². The summed E-state index contributed by atoms with van der Waals surface area (Å²) in [5.74, 6) is -0.236. The molecule has 1 aliphatic heterocycles. The van der Waals surface area contributed by atoms with E-state index in [1.807, 2.05) is 30.3 Å². The minimum Gasteiger partial charge on any atom is -0.379 e. The quantitative estimate of drug-likeness (QED) is 0.700. The molecule has 154 valence electrons. The smallest absolute Gasteiger partial charge is 0.255 e. The molecule has 0 N–H and O–H groups in total. The molecule has 1 saturated carbocycles. The predicted octanol–water partition coefficient (Wildman–Crippen LogP) is 3.17. The van der Waals surface area contributed by atoms with Crippen molar-refractivity contribution >= 4 is 27.5 Å². The van der Waals surface area contributed by atoms with Gasteiger partial charge in [0.05, 0.1) is 28.7 Å². The number of morpholine rings is 1.